The van der Waals surface area contributed by atoms with Crippen molar-refractivity contribution in [3.63, 3.8) is 0 Å². The largest absolute Gasteiger partial charge is 0.455 e. The van der Waals surface area contributed by atoms with Gasteiger partial charge in [-0.05, 0) is 12.8 Å². The van der Waals surface area contributed by atoms with Gasteiger partial charge in [0.2, 0.25) is 0 Å². The summed E-state index contributed by atoms with van der Waals surface area (Å²) in [7, 11) is -5.08. The van der Waals surface area contributed by atoms with Crippen LogP contribution in [0.5, 0.6) is 0 Å². The van der Waals surface area contributed by atoms with Crippen LogP contribution in [0.3, 0.4) is 0 Å². The number of carbonyl (C=O) groups is 2. The number of aliphatic hydroxyl groups is 2. The molecule has 0 spiro atoms. The Bertz CT molecular complexity index is 882. The fourth-order valence-electron chi connectivity index (χ4n) is 5.85. The number of rotatable bonds is 29. The number of unbranched alkanes of at least 4 members (excludes halogenated alkanes) is 20. The van der Waals surface area contributed by atoms with Crippen molar-refractivity contribution in [2.45, 2.75) is 199 Å². The minimum atomic E-state index is -5.08. The summed E-state index contributed by atoms with van der Waals surface area (Å²) in [5.74, 6) is -1.38. The molecule has 0 bridgehead atoms. The van der Waals surface area contributed by atoms with Gasteiger partial charge in [0.15, 0.2) is 18.5 Å². The van der Waals surface area contributed by atoms with E-state index in [1.165, 1.54) is 77.0 Å². The van der Waals surface area contributed by atoms with E-state index in [-0.39, 0.29) is 12.8 Å². The van der Waals surface area contributed by atoms with Gasteiger partial charge in [0, 0.05) is 12.8 Å². The molecule has 1 aliphatic rings. The fraction of sp³-hybridized carbons (Fsp3) is 0.941. The maximum absolute atomic E-state index is 12.8. The monoisotopic (exact) mass is 680 g/mol. The van der Waals surface area contributed by atoms with Crippen molar-refractivity contribution in [1.82, 2.24) is 0 Å². The van der Waals surface area contributed by atoms with Gasteiger partial charge in [-0.25, -0.2) is 4.18 Å². The van der Waals surface area contributed by atoms with E-state index in [1.54, 1.807) is 0 Å². The molecule has 1 aliphatic heterocycles. The van der Waals surface area contributed by atoms with Crippen LogP contribution in [0.2, 0.25) is 0 Å². The molecule has 1 rings (SSSR count). The predicted octanol–water partition coefficient (Wildman–Crippen LogP) is 7.11. The highest BCUT2D eigenvalue weighted by Crippen LogP contribution is 2.29. The molecule has 3 N–H and O–H groups in total. The van der Waals surface area contributed by atoms with Gasteiger partial charge in [0.1, 0.15) is 12.2 Å². The van der Waals surface area contributed by atoms with Crippen LogP contribution in [0, 0.1) is 0 Å². The second kappa shape index (κ2) is 26.6. The second-order valence-electron chi connectivity index (χ2n) is 12.7. The number of carbonyl (C=O) groups excluding carboxylic acids is 2. The average Bonchev–Trinajstić information content (AvgIpc) is 3.01. The minimum absolute atomic E-state index is 0.0201. The Kier molecular flexibility index (Phi) is 24.7. The lowest BCUT2D eigenvalue weighted by molar-refractivity contribution is -0.289. The predicted molar refractivity (Wildman–Crippen MR) is 176 cm³/mol. The van der Waals surface area contributed by atoms with Gasteiger partial charge < -0.3 is 24.4 Å². The first-order chi connectivity index (χ1) is 22.1. The zero-order valence-electron chi connectivity index (χ0n) is 28.6. The zero-order valence-corrected chi connectivity index (χ0v) is 29.4. The summed E-state index contributed by atoms with van der Waals surface area (Å²) in [5, 5.41) is 20.3. The molecule has 0 radical (unpaired) electrons. The molecule has 1 heterocycles. The van der Waals surface area contributed by atoms with E-state index in [4.69, 9.17) is 18.4 Å². The molecule has 11 nitrogen and oxygen atoms in total. The van der Waals surface area contributed by atoms with Crippen LogP contribution in [0.1, 0.15) is 168 Å². The van der Waals surface area contributed by atoms with Crippen LogP contribution < -0.4 is 0 Å². The topological polar surface area (TPSA) is 166 Å². The third kappa shape index (κ3) is 20.8. The Morgan fingerprint density at radius 2 is 0.935 bits per heavy atom. The van der Waals surface area contributed by atoms with E-state index in [0.717, 1.165) is 51.4 Å². The number of hydrogen-bond acceptors (Lipinski definition) is 10. The summed E-state index contributed by atoms with van der Waals surface area (Å²) in [6.07, 6.45) is 16.1. The van der Waals surface area contributed by atoms with Gasteiger partial charge in [-0.2, -0.15) is 8.42 Å². The van der Waals surface area contributed by atoms with Crippen LogP contribution >= 0.6 is 0 Å². The molecule has 272 valence electrons. The van der Waals surface area contributed by atoms with Crippen LogP contribution in [0.4, 0.5) is 0 Å². The second-order valence-corrected chi connectivity index (χ2v) is 13.8. The van der Waals surface area contributed by atoms with Crippen LogP contribution in [0.25, 0.3) is 0 Å². The molecule has 0 saturated carbocycles. The maximum Gasteiger partial charge on any atom is 0.397 e. The molecule has 1 fully saturated rings. The lowest BCUT2D eigenvalue weighted by Gasteiger charge is -2.42. The smallest absolute Gasteiger partial charge is 0.397 e. The van der Waals surface area contributed by atoms with Gasteiger partial charge in [-0.15, -0.1) is 0 Å². The van der Waals surface area contributed by atoms with Crippen molar-refractivity contribution < 1.29 is 51.2 Å². The molecule has 12 heteroatoms. The molecule has 0 aromatic rings. The van der Waals surface area contributed by atoms with Gasteiger partial charge in [0.05, 0.1) is 6.61 Å². The lowest BCUT2D eigenvalue weighted by atomic mass is 9.98. The van der Waals surface area contributed by atoms with E-state index in [2.05, 4.69) is 13.8 Å². The quantitative estimate of drug-likeness (QED) is 0.0419. The van der Waals surface area contributed by atoms with E-state index in [1.807, 2.05) is 0 Å². The molecule has 46 heavy (non-hydrogen) atoms. The van der Waals surface area contributed by atoms with Crippen molar-refractivity contribution in [3.8, 4) is 0 Å². The van der Waals surface area contributed by atoms with Gasteiger partial charge in [-0.1, -0.05) is 142 Å². The zero-order chi connectivity index (χ0) is 34.0. The third-order valence-corrected chi connectivity index (χ3v) is 8.99. The summed E-state index contributed by atoms with van der Waals surface area (Å²) in [6.45, 7) is 3.59. The summed E-state index contributed by atoms with van der Waals surface area (Å²) in [5.41, 5.74) is 0. The van der Waals surface area contributed by atoms with Crippen LogP contribution in [0.15, 0.2) is 0 Å². The van der Waals surface area contributed by atoms with Crippen molar-refractivity contribution in [2.75, 3.05) is 6.61 Å². The number of ether oxygens (including phenoxy) is 3. The van der Waals surface area contributed by atoms with Gasteiger partial charge >= 0.3 is 22.3 Å². The Balaban J connectivity index is 2.57. The third-order valence-electron chi connectivity index (χ3n) is 8.53. The van der Waals surface area contributed by atoms with Crippen molar-refractivity contribution in [1.29, 1.82) is 0 Å². The molecule has 0 amide bonds. The van der Waals surface area contributed by atoms with E-state index < -0.39 is 59.7 Å². The first-order valence-electron chi connectivity index (χ1n) is 18.1. The first kappa shape index (κ1) is 42.7. The van der Waals surface area contributed by atoms with Gasteiger partial charge in [0.25, 0.3) is 0 Å². The summed E-state index contributed by atoms with van der Waals surface area (Å²) < 4.78 is 53.4. The lowest BCUT2D eigenvalue weighted by Crippen LogP contribution is -2.62. The van der Waals surface area contributed by atoms with Crippen molar-refractivity contribution in [2.24, 2.45) is 0 Å². The van der Waals surface area contributed by atoms with Crippen LogP contribution in [-0.2, 0) is 38.4 Å². The Hall–Kier alpha value is -1.31. The fourth-order valence-corrected chi connectivity index (χ4v) is 6.36. The van der Waals surface area contributed by atoms with E-state index >= 15 is 0 Å². The minimum Gasteiger partial charge on any atom is -0.455 e. The molecule has 1 saturated heterocycles. The highest BCUT2D eigenvalue weighted by atomic mass is 32.3. The normalized spacial score (nSPS) is 21.7. The summed E-state index contributed by atoms with van der Waals surface area (Å²) >= 11 is 0. The van der Waals surface area contributed by atoms with Crippen molar-refractivity contribution >= 4 is 22.3 Å². The summed E-state index contributed by atoms with van der Waals surface area (Å²) in [6, 6.07) is 0. The number of esters is 2. The average molecular weight is 681 g/mol. The van der Waals surface area contributed by atoms with E-state index in [9.17, 15) is 32.8 Å². The Morgan fingerprint density at radius 1 is 0.587 bits per heavy atom. The molecule has 0 aliphatic carbocycles. The summed E-state index contributed by atoms with van der Waals surface area (Å²) in [4.78, 5) is 25.5. The SMILES string of the molecule is CCCCCCCCCCCCCC(=O)O[C@@H]1[C@@H](OC(=O)CCCCCCCCCCCCC)[C@@H](O)O[C@H](CO)[C@H]1OS(=O)(=O)O. The Labute approximate surface area is 278 Å². The highest BCUT2D eigenvalue weighted by Gasteiger charge is 2.52. The first-order valence-corrected chi connectivity index (χ1v) is 19.5. The Morgan fingerprint density at radius 3 is 1.28 bits per heavy atom. The number of aliphatic hydroxyl groups excluding tert-OH is 2. The van der Waals surface area contributed by atoms with E-state index in [0.29, 0.717) is 12.8 Å². The molecule has 0 aromatic heterocycles. The van der Waals surface area contributed by atoms with Crippen molar-refractivity contribution in [3.05, 3.63) is 0 Å². The van der Waals surface area contributed by atoms with Gasteiger partial charge in [-0.3, -0.25) is 14.1 Å². The number of hydrogen-bond donors (Lipinski definition) is 3. The highest BCUT2D eigenvalue weighted by molar-refractivity contribution is 7.80. The molecular weight excluding hydrogens is 616 g/mol. The molecule has 0 aromatic carbocycles. The standard InChI is InChI=1S/C34H64O11S/c1-3-5-7-9-11-13-15-17-19-21-23-25-29(36)43-32-31(45-46(39,40)41)28(27-35)42-34(38)33(32)44-30(37)26-24-22-20-18-16-14-12-10-8-6-4-2/h28,31-35,38H,3-27H2,1-2H3,(H,39,40,41)/t28-,31-,32+,33-,34+/m1/s1. The molecule has 5 atom stereocenters. The molecular formula is C34H64O11S. The maximum atomic E-state index is 12.8. The molecule has 0 unspecified atom stereocenters. The van der Waals surface area contributed by atoms with Crippen LogP contribution in [-0.4, -0.2) is 72.4 Å².